The summed E-state index contributed by atoms with van der Waals surface area (Å²) in [6.07, 6.45) is 8.56. The maximum absolute atomic E-state index is 11.1. The van der Waals surface area contributed by atoms with E-state index in [1.165, 1.54) is 0 Å². The molecule has 0 aromatic rings. The van der Waals surface area contributed by atoms with Crippen LogP contribution in [0.25, 0.3) is 0 Å². The third-order valence-electron chi connectivity index (χ3n) is 2.09. The third-order valence-corrected chi connectivity index (χ3v) is 2.09. The molecule has 0 bridgehead atoms. The van der Waals surface area contributed by atoms with Crippen LogP contribution in [0.15, 0.2) is 24.0 Å². The summed E-state index contributed by atoms with van der Waals surface area (Å²) in [5.41, 5.74) is 0. The van der Waals surface area contributed by atoms with Crippen LogP contribution in [0.4, 0.5) is 0 Å². The van der Waals surface area contributed by atoms with E-state index in [-0.39, 0.29) is 0 Å². The number of carboxylic acids is 1. The van der Waals surface area contributed by atoms with Crippen molar-refractivity contribution >= 4 is 11.9 Å². The Morgan fingerprint density at radius 3 is 2.80 bits per heavy atom. The highest BCUT2D eigenvalue weighted by atomic mass is 16.5. The minimum Gasteiger partial charge on any atom is -0.478 e. The Morgan fingerprint density at radius 2 is 2.07 bits per heavy atom. The molecule has 1 N–H and O–H groups in total. The molecule has 82 valence electrons. The highest BCUT2D eigenvalue weighted by Crippen LogP contribution is 2.18. The lowest BCUT2D eigenvalue weighted by Crippen LogP contribution is -2.01. The Morgan fingerprint density at radius 1 is 1.27 bits per heavy atom. The molecule has 0 aromatic heterocycles. The number of hydrogen-bond acceptors (Lipinski definition) is 3. The van der Waals surface area contributed by atoms with E-state index in [4.69, 9.17) is 9.84 Å². The summed E-state index contributed by atoms with van der Waals surface area (Å²) >= 11 is 0. The summed E-state index contributed by atoms with van der Waals surface area (Å²) in [6, 6.07) is 0. The van der Waals surface area contributed by atoms with Crippen molar-refractivity contribution in [3.63, 3.8) is 0 Å². The summed E-state index contributed by atoms with van der Waals surface area (Å²) in [7, 11) is 0. The predicted octanol–water partition coefficient (Wildman–Crippen LogP) is 2.02. The van der Waals surface area contributed by atoms with Gasteiger partial charge in [0.2, 0.25) is 0 Å². The quantitative estimate of drug-likeness (QED) is 0.571. The first-order valence-corrected chi connectivity index (χ1v) is 5.00. The fourth-order valence-electron chi connectivity index (χ4n) is 1.38. The summed E-state index contributed by atoms with van der Waals surface area (Å²) in [5.74, 6) is -1.11. The van der Waals surface area contributed by atoms with Crippen molar-refractivity contribution in [1.29, 1.82) is 0 Å². The zero-order chi connectivity index (χ0) is 11.1. The molecule has 0 saturated heterocycles. The van der Waals surface area contributed by atoms with E-state index in [1.807, 2.05) is 6.08 Å². The average Bonchev–Trinajstić information content (AvgIpc) is 2.43. The van der Waals surface area contributed by atoms with Gasteiger partial charge in [-0.05, 0) is 25.3 Å². The second-order valence-electron chi connectivity index (χ2n) is 3.36. The van der Waals surface area contributed by atoms with E-state index in [0.717, 1.165) is 44.3 Å². The van der Waals surface area contributed by atoms with Gasteiger partial charge < -0.3 is 9.84 Å². The monoisotopic (exact) mass is 210 g/mol. The Balaban J connectivity index is 2.42. The van der Waals surface area contributed by atoms with Gasteiger partial charge in [0.25, 0.3) is 0 Å². The van der Waals surface area contributed by atoms with E-state index >= 15 is 0 Å². The Bertz CT molecular complexity index is 302. The van der Waals surface area contributed by atoms with E-state index in [9.17, 15) is 9.59 Å². The Labute approximate surface area is 88.2 Å². The topological polar surface area (TPSA) is 63.6 Å². The molecule has 1 aliphatic rings. The minimum absolute atomic E-state index is 0.620. The van der Waals surface area contributed by atoms with Crippen LogP contribution in [0.3, 0.4) is 0 Å². The summed E-state index contributed by atoms with van der Waals surface area (Å²) in [5, 5.41) is 8.30. The number of hydrogen-bond donors (Lipinski definition) is 1. The van der Waals surface area contributed by atoms with Crippen LogP contribution in [0.2, 0.25) is 0 Å². The molecular formula is C11H14O4. The van der Waals surface area contributed by atoms with Gasteiger partial charge in [0.1, 0.15) is 5.76 Å². The molecule has 0 spiro atoms. The van der Waals surface area contributed by atoms with Crippen LogP contribution < -0.4 is 0 Å². The molecule has 0 unspecified atom stereocenters. The second-order valence-corrected chi connectivity index (χ2v) is 3.36. The first-order chi connectivity index (χ1) is 7.18. The molecule has 0 saturated carbocycles. The fourth-order valence-corrected chi connectivity index (χ4v) is 1.38. The summed E-state index contributed by atoms with van der Waals surface area (Å²) < 4.78 is 4.99. The zero-order valence-electron chi connectivity index (χ0n) is 8.44. The van der Waals surface area contributed by atoms with Crippen LogP contribution in [-0.2, 0) is 14.3 Å². The van der Waals surface area contributed by atoms with Crippen LogP contribution >= 0.6 is 0 Å². The number of ether oxygens (including phenoxy) is 1. The van der Waals surface area contributed by atoms with Crippen molar-refractivity contribution < 1.29 is 19.4 Å². The largest absolute Gasteiger partial charge is 0.478 e. The van der Waals surface area contributed by atoms with Crippen LogP contribution in [-0.4, -0.2) is 17.0 Å². The van der Waals surface area contributed by atoms with Gasteiger partial charge in [-0.1, -0.05) is 6.42 Å². The fraction of sp³-hybridized carbons (Fsp3) is 0.455. The zero-order valence-corrected chi connectivity index (χ0v) is 8.44. The Hall–Kier alpha value is -1.58. The number of aliphatic carboxylic acids is 1. The smallest absolute Gasteiger partial charge is 0.336 e. The highest BCUT2D eigenvalue weighted by molar-refractivity contribution is 5.91. The van der Waals surface area contributed by atoms with Gasteiger partial charge in [0, 0.05) is 18.6 Å². The summed E-state index contributed by atoms with van der Waals surface area (Å²) in [4.78, 5) is 21.3. The first-order valence-electron chi connectivity index (χ1n) is 5.00. The van der Waals surface area contributed by atoms with E-state index in [2.05, 4.69) is 0 Å². The van der Waals surface area contributed by atoms with Gasteiger partial charge in [0.05, 0.1) is 0 Å². The van der Waals surface area contributed by atoms with E-state index < -0.39 is 11.9 Å². The predicted molar refractivity (Wildman–Crippen MR) is 54.0 cm³/mol. The molecule has 0 radical (unpaired) electrons. The highest BCUT2D eigenvalue weighted by Gasteiger charge is 2.07. The van der Waals surface area contributed by atoms with Gasteiger partial charge >= 0.3 is 11.9 Å². The standard InChI is InChI=1S/C11H14O4/c12-10(13)7-8-11(14)15-9-5-3-1-2-4-6-9/h5,7-8H,1-4,6H2,(H,12,13)/b8-7+. The molecule has 4 heteroatoms. The molecule has 0 aromatic carbocycles. The number of allylic oxidation sites excluding steroid dienone is 2. The third kappa shape index (κ3) is 5.00. The van der Waals surface area contributed by atoms with E-state index in [1.54, 1.807) is 0 Å². The van der Waals surface area contributed by atoms with Crippen molar-refractivity contribution in [2.45, 2.75) is 32.1 Å². The van der Waals surface area contributed by atoms with Gasteiger partial charge in [-0.25, -0.2) is 9.59 Å². The number of carbonyl (C=O) groups excluding carboxylic acids is 1. The average molecular weight is 210 g/mol. The Kier molecular flexibility index (Phi) is 4.60. The maximum Gasteiger partial charge on any atom is 0.336 e. The van der Waals surface area contributed by atoms with Crippen molar-refractivity contribution in [2.75, 3.05) is 0 Å². The van der Waals surface area contributed by atoms with Gasteiger partial charge in [-0.15, -0.1) is 0 Å². The molecule has 0 aliphatic heterocycles. The maximum atomic E-state index is 11.1. The SMILES string of the molecule is O=C(O)/C=C/C(=O)OC1=CCCCCC1. The lowest BCUT2D eigenvalue weighted by molar-refractivity contribution is -0.135. The second kappa shape index (κ2) is 6.01. The molecule has 4 nitrogen and oxygen atoms in total. The lowest BCUT2D eigenvalue weighted by Gasteiger charge is -2.03. The van der Waals surface area contributed by atoms with Gasteiger partial charge in [-0.3, -0.25) is 0 Å². The summed E-state index contributed by atoms with van der Waals surface area (Å²) in [6.45, 7) is 0. The molecule has 0 heterocycles. The van der Waals surface area contributed by atoms with Crippen molar-refractivity contribution in [1.82, 2.24) is 0 Å². The number of carbonyl (C=O) groups is 2. The van der Waals surface area contributed by atoms with Gasteiger partial charge in [0.15, 0.2) is 0 Å². The first kappa shape index (κ1) is 11.5. The normalized spacial score (nSPS) is 16.9. The number of esters is 1. The van der Waals surface area contributed by atoms with E-state index in [0.29, 0.717) is 5.76 Å². The lowest BCUT2D eigenvalue weighted by atomic mass is 10.2. The van der Waals surface area contributed by atoms with Crippen molar-refractivity contribution in [3.8, 4) is 0 Å². The van der Waals surface area contributed by atoms with Crippen LogP contribution in [0.1, 0.15) is 32.1 Å². The van der Waals surface area contributed by atoms with Crippen molar-refractivity contribution in [2.24, 2.45) is 0 Å². The molecule has 0 amide bonds. The molecule has 0 atom stereocenters. The molecule has 15 heavy (non-hydrogen) atoms. The molecular weight excluding hydrogens is 196 g/mol. The van der Waals surface area contributed by atoms with Crippen molar-refractivity contribution in [3.05, 3.63) is 24.0 Å². The number of carboxylic acid groups (broad SMARTS) is 1. The molecule has 1 aliphatic carbocycles. The minimum atomic E-state index is -1.15. The molecule has 0 fully saturated rings. The number of rotatable bonds is 3. The molecule has 1 rings (SSSR count). The van der Waals surface area contributed by atoms with Gasteiger partial charge in [-0.2, -0.15) is 0 Å². The van der Waals surface area contributed by atoms with Crippen LogP contribution in [0.5, 0.6) is 0 Å². The van der Waals surface area contributed by atoms with Crippen LogP contribution in [0, 0.1) is 0 Å².